The molecule has 0 bridgehead atoms. The fourth-order valence-electron chi connectivity index (χ4n) is 1.28. The Morgan fingerprint density at radius 2 is 2.29 bits per heavy atom. The van der Waals surface area contributed by atoms with E-state index in [9.17, 15) is 9.59 Å². The Kier molecular flexibility index (Phi) is 3.07. The zero-order valence-electron chi connectivity index (χ0n) is 7.98. The fraction of sp³-hybridized carbons (Fsp3) is 0.750. The standard InChI is InChI=1S/C8H12O6/c1-5-4-12-8(2,14-5)3-6(9)13-7(10)11/h5H,3-4H2,1-2H3,(H,10,11). The molecule has 1 heterocycles. The highest BCUT2D eigenvalue weighted by atomic mass is 16.7. The second-order valence-electron chi connectivity index (χ2n) is 3.29. The molecule has 1 aliphatic heterocycles. The maximum Gasteiger partial charge on any atom is 0.513 e. The van der Waals surface area contributed by atoms with Crippen LogP contribution in [0.2, 0.25) is 0 Å². The van der Waals surface area contributed by atoms with Crippen LogP contribution in [-0.4, -0.2) is 35.7 Å². The summed E-state index contributed by atoms with van der Waals surface area (Å²) in [5.41, 5.74) is 0. The minimum absolute atomic E-state index is 0.0994. The zero-order chi connectivity index (χ0) is 10.8. The van der Waals surface area contributed by atoms with E-state index >= 15 is 0 Å². The van der Waals surface area contributed by atoms with Crippen LogP contribution in [0, 0.1) is 0 Å². The summed E-state index contributed by atoms with van der Waals surface area (Å²) in [4.78, 5) is 21.0. The number of carboxylic acid groups (broad SMARTS) is 1. The second-order valence-corrected chi connectivity index (χ2v) is 3.29. The van der Waals surface area contributed by atoms with Crippen LogP contribution >= 0.6 is 0 Å². The molecular formula is C8H12O6. The summed E-state index contributed by atoms with van der Waals surface area (Å²) in [5.74, 6) is -1.94. The number of rotatable bonds is 2. The van der Waals surface area contributed by atoms with Crippen LogP contribution < -0.4 is 0 Å². The van der Waals surface area contributed by atoms with Gasteiger partial charge in [-0.1, -0.05) is 0 Å². The number of ether oxygens (including phenoxy) is 3. The summed E-state index contributed by atoms with van der Waals surface area (Å²) in [6.45, 7) is 3.75. The summed E-state index contributed by atoms with van der Waals surface area (Å²) in [7, 11) is 0. The number of carbonyl (C=O) groups excluding carboxylic acids is 1. The van der Waals surface area contributed by atoms with Crippen molar-refractivity contribution < 1.29 is 28.9 Å². The van der Waals surface area contributed by atoms with Gasteiger partial charge in [0.15, 0.2) is 5.79 Å². The summed E-state index contributed by atoms with van der Waals surface area (Å²) in [5, 5.41) is 8.17. The van der Waals surface area contributed by atoms with Crippen LogP contribution in [0.1, 0.15) is 20.3 Å². The molecule has 0 aromatic carbocycles. The SMILES string of the molecule is CC1COC(C)(CC(=O)OC(=O)O)O1. The Bertz CT molecular complexity index is 250. The number of hydrogen-bond acceptors (Lipinski definition) is 5. The first kappa shape index (κ1) is 10.9. The van der Waals surface area contributed by atoms with Crippen molar-refractivity contribution in [3.63, 3.8) is 0 Å². The summed E-state index contributed by atoms with van der Waals surface area (Å²) < 4.78 is 14.4. The molecule has 80 valence electrons. The van der Waals surface area contributed by atoms with Crippen molar-refractivity contribution in [3.8, 4) is 0 Å². The number of carbonyl (C=O) groups is 2. The van der Waals surface area contributed by atoms with Gasteiger partial charge < -0.3 is 19.3 Å². The molecule has 0 radical (unpaired) electrons. The van der Waals surface area contributed by atoms with E-state index < -0.39 is 17.9 Å². The topological polar surface area (TPSA) is 82.1 Å². The number of hydrogen-bond donors (Lipinski definition) is 1. The van der Waals surface area contributed by atoms with Crippen molar-refractivity contribution in [3.05, 3.63) is 0 Å². The molecular weight excluding hydrogens is 192 g/mol. The average Bonchev–Trinajstić information content (AvgIpc) is 2.28. The van der Waals surface area contributed by atoms with E-state index in [0.29, 0.717) is 6.61 Å². The quantitative estimate of drug-likeness (QED) is 0.528. The largest absolute Gasteiger partial charge is 0.513 e. The highest BCUT2D eigenvalue weighted by molar-refractivity contribution is 5.81. The van der Waals surface area contributed by atoms with Crippen molar-refractivity contribution in [1.29, 1.82) is 0 Å². The van der Waals surface area contributed by atoms with Crippen LogP contribution in [0.25, 0.3) is 0 Å². The van der Waals surface area contributed by atoms with Gasteiger partial charge in [0.05, 0.1) is 19.1 Å². The predicted molar refractivity (Wildman–Crippen MR) is 43.6 cm³/mol. The van der Waals surface area contributed by atoms with Gasteiger partial charge in [0.1, 0.15) is 0 Å². The molecule has 2 atom stereocenters. The van der Waals surface area contributed by atoms with Crippen molar-refractivity contribution >= 4 is 12.1 Å². The van der Waals surface area contributed by atoms with Gasteiger partial charge in [-0.2, -0.15) is 0 Å². The monoisotopic (exact) mass is 204 g/mol. The molecule has 0 spiro atoms. The maximum absolute atomic E-state index is 11.0. The Balaban J connectivity index is 2.43. The van der Waals surface area contributed by atoms with Crippen LogP contribution in [0.5, 0.6) is 0 Å². The van der Waals surface area contributed by atoms with Gasteiger partial charge in [-0.3, -0.25) is 4.79 Å². The van der Waals surface area contributed by atoms with Gasteiger partial charge in [0.25, 0.3) is 0 Å². The van der Waals surface area contributed by atoms with Gasteiger partial charge in [-0.15, -0.1) is 0 Å². The van der Waals surface area contributed by atoms with Crippen molar-refractivity contribution in [2.24, 2.45) is 0 Å². The third kappa shape index (κ3) is 2.97. The molecule has 0 aromatic rings. The predicted octanol–water partition coefficient (Wildman–Crippen LogP) is 0.749. The van der Waals surface area contributed by atoms with Crippen molar-refractivity contribution in [2.45, 2.75) is 32.2 Å². The lowest BCUT2D eigenvalue weighted by atomic mass is 10.2. The van der Waals surface area contributed by atoms with E-state index in [4.69, 9.17) is 14.6 Å². The molecule has 1 N–H and O–H groups in total. The maximum atomic E-state index is 11.0. The summed E-state index contributed by atoms with van der Waals surface area (Å²) in [6.07, 6.45) is -1.95. The molecule has 1 aliphatic rings. The third-order valence-electron chi connectivity index (χ3n) is 1.74. The minimum atomic E-state index is -1.62. The molecule has 0 aliphatic carbocycles. The van der Waals surface area contributed by atoms with Crippen molar-refractivity contribution in [2.75, 3.05) is 6.61 Å². The Labute approximate surface area is 80.7 Å². The highest BCUT2D eigenvalue weighted by Crippen LogP contribution is 2.26. The van der Waals surface area contributed by atoms with Crippen LogP contribution in [-0.2, 0) is 19.0 Å². The third-order valence-corrected chi connectivity index (χ3v) is 1.74. The van der Waals surface area contributed by atoms with E-state index in [1.807, 2.05) is 0 Å². The lowest BCUT2D eigenvalue weighted by molar-refractivity contribution is -0.176. The van der Waals surface area contributed by atoms with Crippen molar-refractivity contribution in [1.82, 2.24) is 0 Å². The first-order valence-electron chi connectivity index (χ1n) is 4.17. The molecule has 1 saturated heterocycles. The van der Waals surface area contributed by atoms with Gasteiger partial charge in [0.2, 0.25) is 0 Å². The molecule has 1 fully saturated rings. The van der Waals surface area contributed by atoms with E-state index in [0.717, 1.165) is 0 Å². The average molecular weight is 204 g/mol. The lowest BCUT2D eigenvalue weighted by Gasteiger charge is -2.20. The van der Waals surface area contributed by atoms with Crippen LogP contribution in [0.3, 0.4) is 0 Å². The minimum Gasteiger partial charge on any atom is -0.449 e. The van der Waals surface area contributed by atoms with E-state index in [2.05, 4.69) is 4.74 Å². The van der Waals surface area contributed by atoms with E-state index in [-0.39, 0.29) is 12.5 Å². The Morgan fingerprint density at radius 3 is 2.71 bits per heavy atom. The zero-order valence-corrected chi connectivity index (χ0v) is 7.98. The molecule has 6 nitrogen and oxygen atoms in total. The van der Waals surface area contributed by atoms with Gasteiger partial charge in [-0.05, 0) is 13.8 Å². The fourth-order valence-corrected chi connectivity index (χ4v) is 1.28. The molecule has 0 amide bonds. The smallest absolute Gasteiger partial charge is 0.449 e. The van der Waals surface area contributed by atoms with Crippen LogP contribution in [0.15, 0.2) is 0 Å². The number of esters is 1. The molecule has 2 unspecified atom stereocenters. The Hall–Kier alpha value is -1.14. The van der Waals surface area contributed by atoms with Gasteiger partial charge in [0, 0.05) is 0 Å². The van der Waals surface area contributed by atoms with Gasteiger partial charge >= 0.3 is 12.1 Å². The summed E-state index contributed by atoms with van der Waals surface area (Å²) >= 11 is 0. The van der Waals surface area contributed by atoms with E-state index in [1.54, 1.807) is 13.8 Å². The second kappa shape index (κ2) is 3.93. The molecule has 0 aromatic heterocycles. The van der Waals surface area contributed by atoms with E-state index in [1.165, 1.54) is 0 Å². The summed E-state index contributed by atoms with van der Waals surface area (Å²) in [6, 6.07) is 0. The molecule has 14 heavy (non-hydrogen) atoms. The van der Waals surface area contributed by atoms with Gasteiger partial charge in [-0.25, -0.2) is 4.79 Å². The van der Waals surface area contributed by atoms with Crippen LogP contribution in [0.4, 0.5) is 4.79 Å². The molecule has 6 heteroatoms. The molecule has 0 saturated carbocycles. The first-order chi connectivity index (χ1) is 6.41. The first-order valence-corrected chi connectivity index (χ1v) is 4.17. The Morgan fingerprint density at radius 1 is 1.64 bits per heavy atom. The normalized spacial score (nSPS) is 31.4. The molecule has 1 rings (SSSR count). The highest BCUT2D eigenvalue weighted by Gasteiger charge is 2.38. The lowest BCUT2D eigenvalue weighted by Crippen LogP contribution is -2.31.